The summed E-state index contributed by atoms with van der Waals surface area (Å²) in [5.74, 6) is -0.202. The molecule has 0 N–H and O–H groups in total. The van der Waals surface area contributed by atoms with Crippen molar-refractivity contribution in [3.8, 4) is 0 Å². The number of ether oxygens (including phenoxy) is 1. The quantitative estimate of drug-likeness (QED) is 0.447. The number of thiophene rings is 1. The van der Waals surface area contributed by atoms with Crippen LogP contribution in [0.2, 0.25) is 5.02 Å². The lowest BCUT2D eigenvalue weighted by Crippen LogP contribution is -2.08. The molecule has 0 bridgehead atoms. The summed E-state index contributed by atoms with van der Waals surface area (Å²) in [6.07, 6.45) is 1.72. The molecule has 2 heterocycles. The second-order valence-electron chi connectivity index (χ2n) is 6.57. The minimum Gasteiger partial charge on any atom is -0.401 e. The summed E-state index contributed by atoms with van der Waals surface area (Å²) in [5.41, 5.74) is 3.39. The van der Waals surface area contributed by atoms with Crippen LogP contribution >= 0.6 is 22.9 Å². The number of benzene rings is 2. The molecule has 0 saturated carbocycles. The van der Waals surface area contributed by atoms with Gasteiger partial charge in [-0.1, -0.05) is 35.9 Å². The molecule has 4 rings (SSSR count). The second kappa shape index (κ2) is 6.83. The van der Waals surface area contributed by atoms with E-state index in [1.54, 1.807) is 6.08 Å². The second-order valence-corrected chi connectivity index (χ2v) is 8.00. The number of fused-ring (bicyclic) bond motifs is 1. The largest absolute Gasteiger partial charge is 0.401 e. The maximum atomic E-state index is 12.3. The van der Waals surface area contributed by atoms with Crippen molar-refractivity contribution in [1.82, 2.24) is 0 Å². The summed E-state index contributed by atoms with van der Waals surface area (Å²) < 4.78 is 6.44. The first-order valence-electron chi connectivity index (χ1n) is 8.41. The van der Waals surface area contributed by atoms with Gasteiger partial charge in [0.1, 0.15) is 4.88 Å². The maximum Gasteiger partial charge on any atom is 0.363 e. The van der Waals surface area contributed by atoms with E-state index in [4.69, 9.17) is 16.3 Å². The third kappa shape index (κ3) is 3.36. The predicted molar refractivity (Wildman–Crippen MR) is 113 cm³/mol. The number of carbonyl (C=O) groups excluding carboxylic acids is 1. The summed E-state index contributed by atoms with van der Waals surface area (Å²) >= 11 is 7.98. The van der Waals surface area contributed by atoms with Crippen molar-refractivity contribution in [3.63, 3.8) is 0 Å². The Bertz CT molecular complexity index is 1110. The lowest BCUT2D eigenvalue weighted by atomic mass is 10.1. The number of cyclic esters (lactones) is 1. The molecule has 1 aliphatic rings. The standard InChI is InChI=1S/C21H17ClN2O2S/c1-12-4-9-15-17(10-12)27-19(18(15)22)20-23-16(21(25)26-20)11-13-5-7-14(8-6-13)24(2)3/h4-11H,1-3H3/b16-11+. The van der Waals surface area contributed by atoms with Gasteiger partial charge < -0.3 is 9.64 Å². The molecule has 1 aliphatic heterocycles. The molecular formula is C21H17ClN2O2S. The average molecular weight is 397 g/mol. The van der Waals surface area contributed by atoms with Crippen LogP contribution in [0.5, 0.6) is 0 Å². The summed E-state index contributed by atoms with van der Waals surface area (Å²) in [5, 5.41) is 1.51. The first kappa shape index (κ1) is 17.8. The fraction of sp³-hybridized carbons (Fsp3) is 0.143. The molecule has 27 heavy (non-hydrogen) atoms. The van der Waals surface area contributed by atoms with Gasteiger partial charge in [-0.3, -0.25) is 0 Å². The Hall–Kier alpha value is -2.63. The van der Waals surface area contributed by atoms with Crippen molar-refractivity contribution in [2.45, 2.75) is 6.92 Å². The highest BCUT2D eigenvalue weighted by molar-refractivity contribution is 7.21. The topological polar surface area (TPSA) is 41.9 Å². The van der Waals surface area contributed by atoms with Gasteiger partial charge in [0.2, 0.25) is 5.90 Å². The van der Waals surface area contributed by atoms with Crippen LogP contribution in [0.1, 0.15) is 16.0 Å². The molecular weight excluding hydrogens is 380 g/mol. The summed E-state index contributed by atoms with van der Waals surface area (Å²) in [7, 11) is 3.96. The van der Waals surface area contributed by atoms with Gasteiger partial charge in [0.25, 0.3) is 0 Å². The number of aliphatic imine (C=N–C) groups is 1. The molecule has 0 fully saturated rings. The van der Waals surface area contributed by atoms with Gasteiger partial charge in [-0.2, -0.15) is 0 Å². The smallest absolute Gasteiger partial charge is 0.363 e. The van der Waals surface area contributed by atoms with Gasteiger partial charge >= 0.3 is 5.97 Å². The van der Waals surface area contributed by atoms with Crippen molar-refractivity contribution in [3.05, 3.63) is 69.2 Å². The molecule has 0 amide bonds. The number of aryl methyl sites for hydroxylation is 1. The summed E-state index contributed by atoms with van der Waals surface area (Å²) in [6.45, 7) is 2.03. The van der Waals surface area contributed by atoms with Crippen LogP contribution in [-0.4, -0.2) is 26.0 Å². The molecule has 4 nitrogen and oxygen atoms in total. The highest BCUT2D eigenvalue weighted by Crippen LogP contribution is 2.37. The molecule has 0 spiro atoms. The van der Waals surface area contributed by atoms with Gasteiger partial charge in [-0.05, 0) is 42.3 Å². The van der Waals surface area contributed by atoms with E-state index in [0.717, 1.165) is 26.9 Å². The van der Waals surface area contributed by atoms with Crippen LogP contribution < -0.4 is 4.90 Å². The molecule has 0 aliphatic carbocycles. The SMILES string of the molecule is Cc1ccc2c(Cl)c(C3=N/C(=C/c4ccc(N(C)C)cc4)C(=O)O3)sc2c1. The lowest BCUT2D eigenvalue weighted by Gasteiger charge is -2.11. The lowest BCUT2D eigenvalue weighted by molar-refractivity contribution is -0.129. The number of rotatable bonds is 3. The number of hydrogen-bond acceptors (Lipinski definition) is 5. The molecule has 0 unspecified atom stereocenters. The molecule has 0 radical (unpaired) electrons. The van der Waals surface area contributed by atoms with E-state index >= 15 is 0 Å². The van der Waals surface area contributed by atoms with Crippen molar-refractivity contribution in [1.29, 1.82) is 0 Å². The molecule has 6 heteroatoms. The normalized spacial score (nSPS) is 15.3. The first-order valence-corrected chi connectivity index (χ1v) is 9.61. The highest BCUT2D eigenvalue weighted by atomic mass is 35.5. The summed E-state index contributed by atoms with van der Waals surface area (Å²) in [6, 6.07) is 13.9. The maximum absolute atomic E-state index is 12.3. The number of nitrogens with zero attached hydrogens (tertiary/aromatic N) is 2. The van der Waals surface area contributed by atoms with Crippen LogP contribution in [0.4, 0.5) is 5.69 Å². The average Bonchev–Trinajstić information content (AvgIpc) is 3.15. The Morgan fingerprint density at radius 3 is 2.59 bits per heavy atom. The highest BCUT2D eigenvalue weighted by Gasteiger charge is 2.28. The summed E-state index contributed by atoms with van der Waals surface area (Å²) in [4.78, 5) is 19.4. The fourth-order valence-corrected chi connectivity index (χ4v) is 4.38. The van der Waals surface area contributed by atoms with Crippen molar-refractivity contribution in [2.24, 2.45) is 4.99 Å². The molecule has 2 aromatic carbocycles. The van der Waals surface area contributed by atoms with Crippen molar-refractivity contribution < 1.29 is 9.53 Å². The number of halogens is 1. The van der Waals surface area contributed by atoms with Crippen LogP contribution in [-0.2, 0) is 9.53 Å². The van der Waals surface area contributed by atoms with E-state index in [-0.39, 0.29) is 11.6 Å². The Kier molecular flexibility index (Phi) is 4.50. The van der Waals surface area contributed by atoms with Crippen LogP contribution in [0, 0.1) is 6.92 Å². The van der Waals surface area contributed by atoms with E-state index in [2.05, 4.69) is 11.1 Å². The van der Waals surface area contributed by atoms with E-state index in [0.29, 0.717) is 9.90 Å². The third-order valence-electron chi connectivity index (χ3n) is 4.31. The Labute approximate surface area is 166 Å². The van der Waals surface area contributed by atoms with Crippen molar-refractivity contribution in [2.75, 3.05) is 19.0 Å². The van der Waals surface area contributed by atoms with Gasteiger partial charge in [-0.15, -0.1) is 11.3 Å². The van der Waals surface area contributed by atoms with Crippen LogP contribution in [0.15, 0.2) is 53.2 Å². The van der Waals surface area contributed by atoms with Gasteiger partial charge in [0.05, 0.1) is 5.02 Å². The van der Waals surface area contributed by atoms with E-state index in [1.807, 2.05) is 62.3 Å². The Morgan fingerprint density at radius 2 is 1.89 bits per heavy atom. The van der Waals surface area contributed by atoms with Gasteiger partial charge in [-0.25, -0.2) is 9.79 Å². The zero-order valence-corrected chi connectivity index (χ0v) is 16.7. The monoisotopic (exact) mass is 396 g/mol. The van der Waals surface area contributed by atoms with E-state index < -0.39 is 5.97 Å². The molecule has 0 atom stereocenters. The van der Waals surface area contributed by atoms with Crippen molar-refractivity contribution >= 4 is 56.7 Å². The fourth-order valence-electron chi connectivity index (χ4n) is 2.84. The Morgan fingerprint density at radius 1 is 1.15 bits per heavy atom. The number of hydrogen-bond donors (Lipinski definition) is 0. The zero-order valence-electron chi connectivity index (χ0n) is 15.1. The van der Waals surface area contributed by atoms with Gasteiger partial charge in [0, 0.05) is 29.9 Å². The molecule has 0 saturated heterocycles. The molecule has 1 aromatic heterocycles. The third-order valence-corrected chi connectivity index (χ3v) is 5.96. The van der Waals surface area contributed by atoms with E-state index in [1.165, 1.54) is 11.3 Å². The minimum absolute atomic E-state index is 0.264. The number of carbonyl (C=O) groups is 1. The molecule has 3 aromatic rings. The number of esters is 1. The first-order chi connectivity index (χ1) is 12.9. The predicted octanol–water partition coefficient (Wildman–Crippen LogP) is 5.27. The number of anilines is 1. The van der Waals surface area contributed by atoms with E-state index in [9.17, 15) is 4.79 Å². The van der Waals surface area contributed by atoms with Crippen LogP contribution in [0.3, 0.4) is 0 Å². The zero-order chi connectivity index (χ0) is 19.1. The van der Waals surface area contributed by atoms with Gasteiger partial charge in [0.15, 0.2) is 5.70 Å². The Balaban J connectivity index is 1.70. The minimum atomic E-state index is -0.466. The van der Waals surface area contributed by atoms with Crippen LogP contribution in [0.25, 0.3) is 16.2 Å². The molecule has 136 valence electrons.